The van der Waals surface area contributed by atoms with Crippen molar-refractivity contribution in [3.63, 3.8) is 0 Å². The van der Waals surface area contributed by atoms with Crippen molar-refractivity contribution in [3.05, 3.63) is 22.8 Å². The van der Waals surface area contributed by atoms with Crippen LogP contribution in [0.2, 0.25) is 5.02 Å². The van der Waals surface area contributed by atoms with Gasteiger partial charge in [0.25, 0.3) is 0 Å². The molecular weight excluding hydrogens is 250 g/mol. The van der Waals surface area contributed by atoms with Gasteiger partial charge in [-0.05, 0) is 25.1 Å². The lowest BCUT2D eigenvalue weighted by Crippen LogP contribution is -2.32. The Hall–Kier alpha value is -0.840. The molecule has 1 N–H and O–H groups in total. The zero-order chi connectivity index (χ0) is 13.0. The van der Waals surface area contributed by atoms with Crippen molar-refractivity contribution in [1.29, 1.82) is 0 Å². The highest BCUT2D eigenvalue weighted by atomic mass is 35.5. The summed E-state index contributed by atoms with van der Waals surface area (Å²) < 4.78 is 5.41. The first-order chi connectivity index (χ1) is 8.72. The summed E-state index contributed by atoms with van der Waals surface area (Å²) in [7, 11) is 2.06. The second-order valence-corrected chi connectivity index (χ2v) is 4.91. The van der Waals surface area contributed by atoms with Gasteiger partial charge in [-0.2, -0.15) is 0 Å². The first-order valence-electron chi connectivity index (χ1n) is 6.39. The highest BCUT2D eigenvalue weighted by molar-refractivity contribution is 6.31. The molecule has 1 aliphatic heterocycles. The fraction of sp³-hybridized carbons (Fsp3) is 0.615. The van der Waals surface area contributed by atoms with E-state index >= 15 is 0 Å². The monoisotopic (exact) mass is 269 g/mol. The molecule has 5 heteroatoms. The predicted molar refractivity (Wildman–Crippen MR) is 74.3 cm³/mol. The van der Waals surface area contributed by atoms with Gasteiger partial charge >= 0.3 is 0 Å². The van der Waals surface area contributed by atoms with Gasteiger partial charge in [-0.25, -0.2) is 4.98 Å². The minimum absolute atomic E-state index is 0.422. The zero-order valence-corrected chi connectivity index (χ0v) is 11.7. The summed E-state index contributed by atoms with van der Waals surface area (Å²) in [4.78, 5) is 6.81. The van der Waals surface area contributed by atoms with Crippen molar-refractivity contribution in [1.82, 2.24) is 10.3 Å². The molecule has 0 saturated carbocycles. The van der Waals surface area contributed by atoms with E-state index in [4.69, 9.17) is 16.3 Å². The lowest BCUT2D eigenvalue weighted by atomic mass is 10.2. The number of aromatic nitrogens is 1. The summed E-state index contributed by atoms with van der Waals surface area (Å²) >= 11 is 6.15. The number of halogens is 1. The third-order valence-corrected chi connectivity index (χ3v) is 3.61. The van der Waals surface area contributed by atoms with E-state index in [9.17, 15) is 0 Å². The number of rotatable bonds is 5. The highest BCUT2D eigenvalue weighted by Crippen LogP contribution is 2.22. The molecule has 0 aromatic carbocycles. The molecule has 18 heavy (non-hydrogen) atoms. The maximum Gasteiger partial charge on any atom is 0.129 e. The average molecular weight is 270 g/mol. The Morgan fingerprint density at radius 1 is 1.56 bits per heavy atom. The Morgan fingerprint density at radius 2 is 2.39 bits per heavy atom. The number of nitrogens with one attached hydrogen (secondary N) is 1. The van der Waals surface area contributed by atoms with E-state index in [2.05, 4.69) is 29.2 Å². The van der Waals surface area contributed by atoms with E-state index in [0.717, 1.165) is 42.7 Å². The number of ether oxygens (including phenoxy) is 1. The maximum absolute atomic E-state index is 6.15. The van der Waals surface area contributed by atoms with Crippen LogP contribution in [-0.2, 0) is 11.3 Å². The standard InChI is InChI=1S/C13H20ClN3O/c1-3-15-8-12-11(14)4-5-13(16-12)17(2)10-6-7-18-9-10/h4-5,10,15H,3,6-9H2,1-2H3. The molecule has 1 saturated heterocycles. The smallest absolute Gasteiger partial charge is 0.129 e. The summed E-state index contributed by atoms with van der Waals surface area (Å²) in [5.41, 5.74) is 0.904. The van der Waals surface area contributed by atoms with E-state index in [1.54, 1.807) is 0 Å². The summed E-state index contributed by atoms with van der Waals surface area (Å²) in [5.74, 6) is 0.961. The van der Waals surface area contributed by atoms with Gasteiger partial charge in [-0.3, -0.25) is 0 Å². The Labute approximate surface area is 113 Å². The second-order valence-electron chi connectivity index (χ2n) is 4.51. The molecule has 0 radical (unpaired) electrons. The van der Waals surface area contributed by atoms with E-state index < -0.39 is 0 Å². The number of anilines is 1. The minimum atomic E-state index is 0.422. The molecule has 100 valence electrons. The second kappa shape index (κ2) is 6.36. The van der Waals surface area contributed by atoms with Crippen molar-refractivity contribution in [2.24, 2.45) is 0 Å². The topological polar surface area (TPSA) is 37.4 Å². The summed E-state index contributed by atoms with van der Waals surface area (Å²) in [5, 5.41) is 3.97. The number of nitrogens with zero attached hydrogens (tertiary/aromatic N) is 2. The van der Waals surface area contributed by atoms with Crippen LogP contribution in [0.3, 0.4) is 0 Å². The molecule has 1 fully saturated rings. The molecule has 0 spiro atoms. The van der Waals surface area contributed by atoms with Gasteiger partial charge in [-0.1, -0.05) is 18.5 Å². The van der Waals surface area contributed by atoms with Gasteiger partial charge in [0.2, 0.25) is 0 Å². The molecule has 1 unspecified atom stereocenters. The number of pyridine rings is 1. The van der Waals surface area contributed by atoms with Crippen LogP contribution in [-0.4, -0.2) is 37.8 Å². The predicted octanol–water partition coefficient (Wildman–Crippen LogP) is 2.07. The molecule has 2 heterocycles. The van der Waals surface area contributed by atoms with E-state index in [0.29, 0.717) is 12.6 Å². The molecule has 0 amide bonds. The lowest BCUT2D eigenvalue weighted by molar-refractivity contribution is 0.193. The van der Waals surface area contributed by atoms with Gasteiger partial charge in [0.05, 0.1) is 23.4 Å². The van der Waals surface area contributed by atoms with Crippen LogP contribution in [0.1, 0.15) is 19.0 Å². The Morgan fingerprint density at radius 3 is 3.06 bits per heavy atom. The maximum atomic E-state index is 6.15. The van der Waals surface area contributed by atoms with Crippen LogP contribution in [0.5, 0.6) is 0 Å². The van der Waals surface area contributed by atoms with Crippen molar-refractivity contribution in [3.8, 4) is 0 Å². The average Bonchev–Trinajstić information content (AvgIpc) is 2.91. The molecule has 1 aromatic rings. The zero-order valence-electron chi connectivity index (χ0n) is 10.9. The van der Waals surface area contributed by atoms with E-state index in [-0.39, 0.29) is 0 Å². The molecule has 1 aliphatic rings. The molecular formula is C13H20ClN3O. The normalized spacial score (nSPS) is 19.2. The third kappa shape index (κ3) is 3.13. The van der Waals surface area contributed by atoms with Crippen molar-refractivity contribution < 1.29 is 4.74 Å². The van der Waals surface area contributed by atoms with E-state index in [1.807, 2.05) is 12.1 Å². The fourth-order valence-electron chi connectivity index (χ4n) is 2.05. The van der Waals surface area contributed by atoms with Crippen LogP contribution in [0, 0.1) is 0 Å². The van der Waals surface area contributed by atoms with Gasteiger partial charge < -0.3 is 15.0 Å². The Kier molecular flexibility index (Phi) is 4.80. The highest BCUT2D eigenvalue weighted by Gasteiger charge is 2.21. The number of hydrogen-bond acceptors (Lipinski definition) is 4. The van der Waals surface area contributed by atoms with Gasteiger partial charge in [0.1, 0.15) is 5.82 Å². The molecule has 1 atom stereocenters. The fourth-order valence-corrected chi connectivity index (χ4v) is 2.22. The quantitative estimate of drug-likeness (QED) is 0.888. The minimum Gasteiger partial charge on any atom is -0.379 e. The molecule has 2 rings (SSSR count). The van der Waals surface area contributed by atoms with Gasteiger partial charge in [0.15, 0.2) is 0 Å². The first kappa shape index (κ1) is 13.6. The SMILES string of the molecule is CCNCc1nc(N(C)C2CCOC2)ccc1Cl. The Balaban J connectivity index is 2.12. The molecule has 0 bridgehead atoms. The van der Waals surface area contributed by atoms with Crippen molar-refractivity contribution >= 4 is 17.4 Å². The molecule has 4 nitrogen and oxygen atoms in total. The van der Waals surface area contributed by atoms with Crippen molar-refractivity contribution in [2.45, 2.75) is 25.9 Å². The molecule has 1 aromatic heterocycles. The van der Waals surface area contributed by atoms with Crippen LogP contribution < -0.4 is 10.2 Å². The largest absolute Gasteiger partial charge is 0.379 e. The number of likely N-dealkylation sites (N-methyl/N-ethyl adjacent to an activating group) is 1. The van der Waals surface area contributed by atoms with Crippen molar-refractivity contribution in [2.75, 3.05) is 31.7 Å². The van der Waals surface area contributed by atoms with Gasteiger partial charge in [-0.15, -0.1) is 0 Å². The third-order valence-electron chi connectivity index (χ3n) is 3.26. The number of hydrogen-bond donors (Lipinski definition) is 1. The van der Waals surface area contributed by atoms with E-state index in [1.165, 1.54) is 0 Å². The van der Waals surface area contributed by atoms with Crippen LogP contribution >= 0.6 is 11.6 Å². The summed E-state index contributed by atoms with van der Waals surface area (Å²) in [6.07, 6.45) is 1.06. The lowest BCUT2D eigenvalue weighted by Gasteiger charge is -2.24. The van der Waals surface area contributed by atoms with Crippen LogP contribution in [0.15, 0.2) is 12.1 Å². The summed E-state index contributed by atoms with van der Waals surface area (Å²) in [6, 6.07) is 4.31. The first-order valence-corrected chi connectivity index (χ1v) is 6.77. The van der Waals surface area contributed by atoms with Gasteiger partial charge in [0, 0.05) is 20.2 Å². The van der Waals surface area contributed by atoms with Crippen LogP contribution in [0.4, 0.5) is 5.82 Å². The molecule has 0 aliphatic carbocycles. The summed E-state index contributed by atoms with van der Waals surface area (Å²) in [6.45, 7) is 5.31. The van der Waals surface area contributed by atoms with Crippen LogP contribution in [0.25, 0.3) is 0 Å². The Bertz CT molecular complexity index is 394.